The van der Waals surface area contributed by atoms with Crippen molar-refractivity contribution in [1.82, 2.24) is 0 Å². The molecule has 0 heterocycles. The first kappa shape index (κ1) is 27.8. The predicted octanol–water partition coefficient (Wildman–Crippen LogP) is 8.74. The molecule has 1 atom stereocenters. The van der Waals surface area contributed by atoms with Gasteiger partial charge in [0.05, 0.1) is 0 Å². The maximum Gasteiger partial charge on any atom is 0.376 e. The molecular formula is C35H36O4Si. The molecule has 5 heteroatoms. The van der Waals surface area contributed by atoms with E-state index in [2.05, 4.69) is 52.0 Å². The molecular weight excluding hydrogens is 512 g/mol. The van der Waals surface area contributed by atoms with Gasteiger partial charge in [0.15, 0.2) is 8.32 Å². The van der Waals surface area contributed by atoms with Gasteiger partial charge in [0.1, 0.15) is 5.75 Å². The molecule has 0 amide bonds. The molecule has 1 N–H and O–H groups in total. The third kappa shape index (κ3) is 4.97. The summed E-state index contributed by atoms with van der Waals surface area (Å²) >= 11 is 0. The minimum absolute atomic E-state index is 0.246. The highest BCUT2D eigenvalue weighted by molar-refractivity contribution is 6.74. The van der Waals surface area contributed by atoms with Crippen molar-refractivity contribution in [2.24, 2.45) is 0 Å². The summed E-state index contributed by atoms with van der Waals surface area (Å²) in [6.07, 6.45) is 0. The van der Waals surface area contributed by atoms with Gasteiger partial charge < -0.3 is 14.3 Å². The number of carbonyl (C=O) groups is 1. The SMILES string of the molecule is Cc1ccc2ccccc2c1-c1c(OC(=O)[C@](O)(O[Si](C)(C)C(C)(C)C)c2ccccc2)ccc2ccccc12. The Balaban J connectivity index is 1.70. The summed E-state index contributed by atoms with van der Waals surface area (Å²) < 4.78 is 12.7. The zero-order chi connectivity index (χ0) is 28.7. The number of benzene rings is 5. The standard InChI is InChI=1S/C35H36O4Si/c1-24-20-21-25-14-10-12-18-28(25)31(24)32-29-19-13-11-15-26(29)22-23-30(32)38-33(36)35(37,27-16-8-7-9-17-27)39-40(5,6)34(2,3)4/h7-23,37H,1-6H3/t35-/m1/s1. The second-order valence-electron chi connectivity index (χ2n) is 11.9. The van der Waals surface area contributed by atoms with E-state index in [-0.39, 0.29) is 5.04 Å². The van der Waals surface area contributed by atoms with E-state index in [1.54, 1.807) is 24.3 Å². The molecule has 5 aromatic carbocycles. The molecule has 0 bridgehead atoms. The largest absolute Gasteiger partial charge is 0.422 e. The summed E-state index contributed by atoms with van der Waals surface area (Å²) in [5, 5.41) is 15.9. The van der Waals surface area contributed by atoms with Gasteiger partial charge in [-0.25, -0.2) is 4.79 Å². The van der Waals surface area contributed by atoms with E-state index in [0.29, 0.717) is 11.3 Å². The van der Waals surface area contributed by atoms with Crippen molar-refractivity contribution in [1.29, 1.82) is 0 Å². The number of fused-ring (bicyclic) bond motifs is 2. The van der Waals surface area contributed by atoms with Crippen LogP contribution in [-0.2, 0) is 15.0 Å². The Bertz CT molecular complexity index is 1700. The van der Waals surface area contributed by atoms with E-state index in [0.717, 1.165) is 38.2 Å². The van der Waals surface area contributed by atoms with Crippen molar-refractivity contribution in [3.8, 4) is 16.9 Å². The number of aryl methyl sites for hydroxylation is 1. The van der Waals surface area contributed by atoms with E-state index >= 15 is 0 Å². The fourth-order valence-electron chi connectivity index (χ4n) is 4.88. The molecule has 0 spiro atoms. The van der Waals surface area contributed by atoms with Crippen LogP contribution in [0.1, 0.15) is 31.9 Å². The molecule has 0 saturated carbocycles. The summed E-state index contributed by atoms with van der Waals surface area (Å²) in [5.41, 5.74) is 3.20. The van der Waals surface area contributed by atoms with Crippen molar-refractivity contribution < 1.29 is 19.1 Å². The average Bonchev–Trinajstić information content (AvgIpc) is 2.93. The maximum atomic E-state index is 14.1. The zero-order valence-corrected chi connectivity index (χ0v) is 25.0. The molecule has 40 heavy (non-hydrogen) atoms. The van der Waals surface area contributed by atoms with Crippen LogP contribution in [0.3, 0.4) is 0 Å². The lowest BCUT2D eigenvalue weighted by Gasteiger charge is -2.41. The average molecular weight is 549 g/mol. The van der Waals surface area contributed by atoms with Crippen molar-refractivity contribution in [3.63, 3.8) is 0 Å². The molecule has 0 aliphatic heterocycles. The normalized spacial score (nSPS) is 13.8. The molecule has 0 fully saturated rings. The molecule has 0 aliphatic carbocycles. The Kier molecular flexibility index (Phi) is 7.17. The lowest BCUT2D eigenvalue weighted by Crippen LogP contribution is -2.53. The van der Waals surface area contributed by atoms with Gasteiger partial charge in [0.2, 0.25) is 0 Å². The molecule has 0 aromatic heterocycles. The number of carbonyl (C=O) groups excluding carboxylic acids is 1. The number of esters is 1. The summed E-state index contributed by atoms with van der Waals surface area (Å²) in [6, 6.07) is 33.0. The summed E-state index contributed by atoms with van der Waals surface area (Å²) in [4.78, 5) is 14.1. The summed E-state index contributed by atoms with van der Waals surface area (Å²) in [5.74, 6) is -2.77. The van der Waals surface area contributed by atoms with Crippen molar-refractivity contribution >= 4 is 35.8 Å². The van der Waals surface area contributed by atoms with E-state index < -0.39 is 20.1 Å². The second-order valence-corrected chi connectivity index (χ2v) is 16.6. The number of hydrogen-bond acceptors (Lipinski definition) is 4. The van der Waals surface area contributed by atoms with Crippen LogP contribution in [0.15, 0.2) is 103 Å². The van der Waals surface area contributed by atoms with Gasteiger partial charge in [0, 0.05) is 11.1 Å². The third-order valence-electron chi connectivity index (χ3n) is 8.13. The minimum atomic E-state index is -2.62. The molecule has 204 valence electrons. The molecule has 0 aliphatic rings. The van der Waals surface area contributed by atoms with Crippen molar-refractivity contribution in [3.05, 3.63) is 114 Å². The summed E-state index contributed by atoms with van der Waals surface area (Å²) in [7, 11) is -2.62. The third-order valence-corrected chi connectivity index (χ3v) is 12.5. The predicted molar refractivity (Wildman–Crippen MR) is 166 cm³/mol. The highest BCUT2D eigenvalue weighted by Crippen LogP contribution is 2.45. The van der Waals surface area contributed by atoms with Crippen LogP contribution in [0.5, 0.6) is 5.75 Å². The molecule has 5 rings (SSSR count). The van der Waals surface area contributed by atoms with Crippen LogP contribution >= 0.6 is 0 Å². The number of rotatable bonds is 6. The number of aliphatic hydroxyl groups is 1. The zero-order valence-electron chi connectivity index (χ0n) is 24.0. The fourth-order valence-corrected chi connectivity index (χ4v) is 6.13. The first-order valence-corrected chi connectivity index (χ1v) is 16.5. The Morgan fingerprint density at radius 1 is 0.700 bits per heavy atom. The Labute approximate surface area is 237 Å². The van der Waals surface area contributed by atoms with Crippen molar-refractivity contribution in [2.45, 2.75) is 51.6 Å². The van der Waals surface area contributed by atoms with Crippen LogP contribution in [-0.4, -0.2) is 19.4 Å². The Morgan fingerprint density at radius 2 is 1.23 bits per heavy atom. The Hall–Kier alpha value is -3.77. The fraction of sp³-hybridized carbons (Fsp3) is 0.229. The topological polar surface area (TPSA) is 55.8 Å². The smallest absolute Gasteiger partial charge is 0.376 e. The highest BCUT2D eigenvalue weighted by Gasteiger charge is 2.50. The Morgan fingerprint density at radius 3 is 1.82 bits per heavy atom. The summed E-state index contributed by atoms with van der Waals surface area (Å²) in [6.45, 7) is 12.3. The van der Waals surface area contributed by atoms with Gasteiger partial charge in [-0.3, -0.25) is 0 Å². The number of ether oxygens (including phenoxy) is 1. The van der Waals surface area contributed by atoms with E-state index in [9.17, 15) is 9.90 Å². The minimum Gasteiger partial charge on any atom is -0.422 e. The lowest BCUT2D eigenvalue weighted by atomic mass is 9.90. The van der Waals surface area contributed by atoms with Crippen LogP contribution in [0.25, 0.3) is 32.7 Å². The van der Waals surface area contributed by atoms with Crippen LogP contribution < -0.4 is 4.74 Å². The van der Waals surface area contributed by atoms with Gasteiger partial charge in [-0.1, -0.05) is 118 Å². The molecule has 4 nitrogen and oxygen atoms in total. The van der Waals surface area contributed by atoms with E-state index in [1.807, 2.05) is 67.7 Å². The monoisotopic (exact) mass is 548 g/mol. The molecule has 5 aromatic rings. The van der Waals surface area contributed by atoms with E-state index in [4.69, 9.17) is 9.16 Å². The van der Waals surface area contributed by atoms with Crippen LogP contribution in [0.4, 0.5) is 0 Å². The molecule has 0 radical (unpaired) electrons. The molecule has 0 unspecified atom stereocenters. The quantitative estimate of drug-likeness (QED) is 0.0997. The molecule has 0 saturated heterocycles. The van der Waals surface area contributed by atoms with Crippen LogP contribution in [0, 0.1) is 6.92 Å². The van der Waals surface area contributed by atoms with Gasteiger partial charge in [-0.05, 0) is 63.8 Å². The van der Waals surface area contributed by atoms with Crippen LogP contribution in [0.2, 0.25) is 18.1 Å². The van der Waals surface area contributed by atoms with Gasteiger partial charge >= 0.3 is 5.97 Å². The van der Waals surface area contributed by atoms with Gasteiger partial charge in [-0.2, -0.15) is 0 Å². The maximum absolute atomic E-state index is 14.1. The van der Waals surface area contributed by atoms with Gasteiger partial charge in [-0.15, -0.1) is 0 Å². The van der Waals surface area contributed by atoms with Gasteiger partial charge in [0.25, 0.3) is 5.79 Å². The van der Waals surface area contributed by atoms with E-state index in [1.165, 1.54) is 0 Å². The first-order valence-electron chi connectivity index (χ1n) is 13.6. The second kappa shape index (κ2) is 10.3. The number of hydrogen-bond donors (Lipinski definition) is 1. The van der Waals surface area contributed by atoms with Crippen molar-refractivity contribution in [2.75, 3.05) is 0 Å². The highest BCUT2D eigenvalue weighted by atomic mass is 28.4. The lowest BCUT2D eigenvalue weighted by molar-refractivity contribution is -0.198. The first-order chi connectivity index (χ1) is 18.9.